The molecule has 0 radical (unpaired) electrons. The third-order valence-corrected chi connectivity index (χ3v) is 7.04. The molecule has 146 valence electrons. The number of thiazole rings is 1. The van der Waals surface area contributed by atoms with Gasteiger partial charge in [0.15, 0.2) is 5.13 Å². The van der Waals surface area contributed by atoms with E-state index in [4.69, 9.17) is 0 Å². The number of aromatic nitrogens is 1. The number of benzene rings is 1. The van der Waals surface area contributed by atoms with Gasteiger partial charge in [0.05, 0.1) is 11.4 Å². The summed E-state index contributed by atoms with van der Waals surface area (Å²) in [6.07, 6.45) is 1.44. The summed E-state index contributed by atoms with van der Waals surface area (Å²) in [7, 11) is -4.01. The van der Waals surface area contributed by atoms with Crippen molar-refractivity contribution in [3.05, 3.63) is 64.3 Å². The van der Waals surface area contributed by atoms with Gasteiger partial charge in [-0.05, 0) is 23.6 Å². The zero-order chi connectivity index (χ0) is 20.0. The quantitative estimate of drug-likeness (QED) is 0.591. The molecule has 8 nitrogen and oxygen atoms in total. The maximum atomic E-state index is 12.9. The van der Waals surface area contributed by atoms with Crippen LogP contribution in [-0.4, -0.2) is 31.9 Å². The molecule has 0 aliphatic heterocycles. The van der Waals surface area contributed by atoms with Crippen molar-refractivity contribution in [2.45, 2.75) is 11.4 Å². The fourth-order valence-electron chi connectivity index (χ4n) is 2.24. The van der Waals surface area contributed by atoms with Gasteiger partial charge in [-0.2, -0.15) is 0 Å². The molecule has 0 atom stereocenters. The third-order valence-electron chi connectivity index (χ3n) is 3.51. The highest BCUT2D eigenvalue weighted by Crippen LogP contribution is 2.25. The van der Waals surface area contributed by atoms with E-state index in [-0.39, 0.29) is 16.6 Å². The van der Waals surface area contributed by atoms with E-state index in [1.807, 2.05) is 17.5 Å². The van der Waals surface area contributed by atoms with Crippen LogP contribution in [0.15, 0.2) is 64.3 Å². The first-order valence-electron chi connectivity index (χ1n) is 8.04. The van der Waals surface area contributed by atoms with Crippen LogP contribution >= 0.6 is 22.7 Å². The van der Waals surface area contributed by atoms with Crippen molar-refractivity contribution in [1.82, 2.24) is 15.6 Å². The molecule has 28 heavy (non-hydrogen) atoms. The molecule has 11 heteroatoms. The average Bonchev–Trinajstić information content (AvgIpc) is 3.39. The number of carbonyl (C=O) groups excluding carboxylic acids is 2. The second kappa shape index (κ2) is 8.95. The van der Waals surface area contributed by atoms with Crippen LogP contribution in [0.4, 0.5) is 9.93 Å². The Morgan fingerprint density at radius 2 is 1.82 bits per heavy atom. The SMILES string of the molecule is O=C(CN(c1nccs1)S(=O)(=O)c1ccccc1)NC(=O)NCc1cccs1. The van der Waals surface area contributed by atoms with Crippen molar-refractivity contribution in [1.29, 1.82) is 0 Å². The van der Waals surface area contributed by atoms with Gasteiger partial charge in [0.25, 0.3) is 10.0 Å². The van der Waals surface area contributed by atoms with Gasteiger partial charge in [-0.15, -0.1) is 22.7 Å². The van der Waals surface area contributed by atoms with Gasteiger partial charge in [0, 0.05) is 16.5 Å². The van der Waals surface area contributed by atoms with Crippen molar-refractivity contribution in [3.63, 3.8) is 0 Å². The minimum Gasteiger partial charge on any atom is -0.333 e. The molecule has 0 saturated carbocycles. The fourth-order valence-corrected chi connectivity index (χ4v) is 5.15. The van der Waals surface area contributed by atoms with Crippen LogP contribution in [0.1, 0.15) is 4.88 Å². The van der Waals surface area contributed by atoms with Crippen molar-refractivity contribution >= 4 is 49.8 Å². The minimum atomic E-state index is -4.01. The zero-order valence-electron chi connectivity index (χ0n) is 14.4. The summed E-state index contributed by atoms with van der Waals surface area (Å²) in [5, 5.41) is 8.32. The van der Waals surface area contributed by atoms with E-state index in [2.05, 4.69) is 15.6 Å². The van der Waals surface area contributed by atoms with E-state index in [9.17, 15) is 18.0 Å². The lowest BCUT2D eigenvalue weighted by atomic mass is 10.4. The predicted molar refractivity (Wildman–Crippen MR) is 108 cm³/mol. The number of sulfonamides is 1. The molecule has 2 heterocycles. The van der Waals surface area contributed by atoms with Gasteiger partial charge in [0.2, 0.25) is 5.91 Å². The molecule has 0 fully saturated rings. The molecule has 0 spiro atoms. The Kier molecular flexibility index (Phi) is 6.39. The highest BCUT2D eigenvalue weighted by molar-refractivity contribution is 7.93. The number of nitrogens with zero attached hydrogens (tertiary/aromatic N) is 2. The molecule has 0 aliphatic rings. The van der Waals surface area contributed by atoms with Gasteiger partial charge >= 0.3 is 6.03 Å². The molecular weight excluding hydrogens is 420 g/mol. The smallest absolute Gasteiger partial charge is 0.321 e. The molecule has 3 rings (SSSR count). The number of urea groups is 1. The summed E-state index contributed by atoms with van der Waals surface area (Å²) in [6, 6.07) is 10.7. The topological polar surface area (TPSA) is 108 Å². The van der Waals surface area contributed by atoms with Crippen molar-refractivity contribution in [2.24, 2.45) is 0 Å². The van der Waals surface area contributed by atoms with Crippen molar-refractivity contribution < 1.29 is 18.0 Å². The number of anilines is 1. The van der Waals surface area contributed by atoms with Gasteiger partial charge in [0.1, 0.15) is 6.54 Å². The van der Waals surface area contributed by atoms with E-state index in [1.165, 1.54) is 29.7 Å². The van der Waals surface area contributed by atoms with Crippen LogP contribution in [0.2, 0.25) is 0 Å². The normalized spacial score (nSPS) is 11.0. The maximum Gasteiger partial charge on any atom is 0.321 e. The molecule has 0 aliphatic carbocycles. The predicted octanol–water partition coefficient (Wildman–Crippen LogP) is 2.43. The van der Waals surface area contributed by atoms with Crippen LogP contribution in [0.25, 0.3) is 0 Å². The summed E-state index contributed by atoms with van der Waals surface area (Å²) >= 11 is 2.55. The number of nitrogens with one attached hydrogen (secondary N) is 2. The first-order valence-corrected chi connectivity index (χ1v) is 11.2. The third kappa shape index (κ3) is 4.94. The van der Waals surface area contributed by atoms with E-state index < -0.39 is 28.5 Å². The number of hydrogen-bond donors (Lipinski definition) is 2. The number of amides is 3. The van der Waals surface area contributed by atoms with E-state index in [0.717, 1.165) is 20.5 Å². The zero-order valence-corrected chi connectivity index (χ0v) is 16.9. The Morgan fingerprint density at radius 1 is 1.04 bits per heavy atom. The largest absolute Gasteiger partial charge is 0.333 e. The Bertz CT molecular complexity index is 1020. The fraction of sp³-hybridized carbons (Fsp3) is 0.118. The molecule has 2 aromatic heterocycles. The lowest BCUT2D eigenvalue weighted by Gasteiger charge is -2.21. The van der Waals surface area contributed by atoms with E-state index >= 15 is 0 Å². The van der Waals surface area contributed by atoms with Gasteiger partial charge in [-0.1, -0.05) is 24.3 Å². The second-order valence-electron chi connectivity index (χ2n) is 5.45. The van der Waals surface area contributed by atoms with Crippen LogP contribution in [0, 0.1) is 0 Å². The molecule has 0 unspecified atom stereocenters. The highest BCUT2D eigenvalue weighted by atomic mass is 32.2. The molecule has 0 bridgehead atoms. The van der Waals surface area contributed by atoms with Crippen molar-refractivity contribution in [2.75, 3.05) is 10.8 Å². The Hall–Kier alpha value is -2.76. The second-order valence-corrected chi connectivity index (χ2v) is 9.22. The number of rotatable bonds is 7. The van der Waals surface area contributed by atoms with Gasteiger partial charge in [-0.3, -0.25) is 10.1 Å². The Balaban J connectivity index is 1.70. The molecule has 1 aromatic carbocycles. The maximum absolute atomic E-state index is 12.9. The monoisotopic (exact) mass is 436 g/mol. The number of carbonyl (C=O) groups is 2. The Labute approximate surface area is 169 Å². The standard InChI is InChI=1S/C17H16N4O4S3/c22-15(20-16(23)19-11-13-5-4-9-26-13)12-21(17-18-8-10-27-17)28(24,25)14-6-2-1-3-7-14/h1-10H,11-12H2,(H2,19,20,22,23). The molecular formula is C17H16N4O4S3. The molecule has 0 saturated heterocycles. The highest BCUT2D eigenvalue weighted by Gasteiger charge is 2.29. The van der Waals surface area contributed by atoms with Gasteiger partial charge < -0.3 is 5.32 Å². The van der Waals surface area contributed by atoms with Crippen molar-refractivity contribution in [3.8, 4) is 0 Å². The minimum absolute atomic E-state index is 0.0279. The van der Waals surface area contributed by atoms with Gasteiger partial charge in [-0.25, -0.2) is 22.5 Å². The molecule has 3 amide bonds. The molecule has 2 N–H and O–H groups in total. The lowest BCUT2D eigenvalue weighted by Crippen LogP contribution is -2.46. The van der Waals surface area contributed by atoms with Crippen LogP contribution in [0.3, 0.4) is 0 Å². The summed E-state index contributed by atoms with van der Waals surface area (Å²) in [5.74, 6) is -0.765. The number of hydrogen-bond acceptors (Lipinski definition) is 7. The Morgan fingerprint density at radius 3 is 2.46 bits per heavy atom. The number of thiophene rings is 1. The summed E-state index contributed by atoms with van der Waals surface area (Å²) < 4.78 is 26.8. The summed E-state index contributed by atoms with van der Waals surface area (Å²) in [6.45, 7) is -0.299. The molecule has 3 aromatic rings. The van der Waals surface area contributed by atoms with Crippen LogP contribution in [-0.2, 0) is 21.4 Å². The van der Waals surface area contributed by atoms with E-state index in [0.29, 0.717) is 0 Å². The summed E-state index contributed by atoms with van der Waals surface area (Å²) in [5.41, 5.74) is 0. The number of imide groups is 1. The van der Waals surface area contributed by atoms with Crippen LogP contribution < -0.4 is 14.9 Å². The first kappa shape index (κ1) is 20.0. The first-order chi connectivity index (χ1) is 13.5. The van der Waals surface area contributed by atoms with Crippen LogP contribution in [0.5, 0.6) is 0 Å². The average molecular weight is 437 g/mol. The van der Waals surface area contributed by atoms with E-state index in [1.54, 1.807) is 23.6 Å². The summed E-state index contributed by atoms with van der Waals surface area (Å²) in [4.78, 5) is 29.2. The lowest BCUT2D eigenvalue weighted by molar-refractivity contribution is -0.118.